The van der Waals surface area contributed by atoms with Crippen molar-refractivity contribution in [3.05, 3.63) is 29.8 Å². The van der Waals surface area contributed by atoms with Crippen LogP contribution in [0.25, 0.3) is 0 Å². The maximum absolute atomic E-state index is 12.7. The van der Waals surface area contributed by atoms with Crippen molar-refractivity contribution in [1.29, 1.82) is 0 Å². The van der Waals surface area contributed by atoms with E-state index in [2.05, 4.69) is 0 Å². The van der Waals surface area contributed by atoms with Gasteiger partial charge in [0.1, 0.15) is 0 Å². The number of hydrogen-bond donors (Lipinski definition) is 0. The molecule has 2 rings (SSSR count). The number of nitrogens with zero attached hydrogens (tertiary/aromatic N) is 2. The molecular formula is C17H24N2O4S. The molecule has 0 bridgehead atoms. The number of Topliss-reactive ketones (excluding diaryl/α,β-unsaturated/α-hetero) is 1. The lowest BCUT2D eigenvalue weighted by molar-refractivity contribution is -0.133. The van der Waals surface area contributed by atoms with Crippen LogP contribution in [0, 0.1) is 5.92 Å². The fraction of sp³-hybridized carbons (Fsp3) is 0.529. The lowest BCUT2D eigenvalue weighted by Crippen LogP contribution is -2.50. The summed E-state index contributed by atoms with van der Waals surface area (Å²) in [7, 11) is -3.59. The summed E-state index contributed by atoms with van der Waals surface area (Å²) in [5.74, 6) is 0.267. The van der Waals surface area contributed by atoms with Crippen LogP contribution in [0.1, 0.15) is 37.6 Å². The fourth-order valence-corrected chi connectivity index (χ4v) is 4.09. The van der Waals surface area contributed by atoms with Gasteiger partial charge in [-0.3, -0.25) is 9.59 Å². The highest BCUT2D eigenvalue weighted by Gasteiger charge is 2.30. The molecule has 1 aromatic rings. The van der Waals surface area contributed by atoms with E-state index in [0.717, 1.165) is 0 Å². The topological polar surface area (TPSA) is 74.8 Å². The van der Waals surface area contributed by atoms with E-state index < -0.39 is 10.0 Å². The number of ketones is 1. The highest BCUT2D eigenvalue weighted by atomic mass is 32.2. The summed E-state index contributed by atoms with van der Waals surface area (Å²) in [5, 5.41) is 0. The Bertz CT molecular complexity index is 703. The van der Waals surface area contributed by atoms with Crippen LogP contribution in [-0.2, 0) is 14.8 Å². The summed E-state index contributed by atoms with van der Waals surface area (Å²) >= 11 is 0. The van der Waals surface area contributed by atoms with Crippen LogP contribution in [0.4, 0.5) is 0 Å². The molecular weight excluding hydrogens is 328 g/mol. The van der Waals surface area contributed by atoms with Crippen LogP contribution >= 0.6 is 0 Å². The summed E-state index contributed by atoms with van der Waals surface area (Å²) in [6.45, 7) is 6.83. The molecule has 1 aliphatic heterocycles. The van der Waals surface area contributed by atoms with Gasteiger partial charge in [-0.1, -0.05) is 26.0 Å². The number of piperazine rings is 1. The van der Waals surface area contributed by atoms with Gasteiger partial charge in [0.2, 0.25) is 15.9 Å². The van der Waals surface area contributed by atoms with Gasteiger partial charge in [0.05, 0.1) is 4.90 Å². The van der Waals surface area contributed by atoms with Gasteiger partial charge in [-0.2, -0.15) is 4.31 Å². The summed E-state index contributed by atoms with van der Waals surface area (Å²) in [5.41, 5.74) is 0.484. The number of carbonyl (C=O) groups is 2. The molecule has 7 heteroatoms. The van der Waals surface area contributed by atoms with E-state index in [9.17, 15) is 18.0 Å². The van der Waals surface area contributed by atoms with Crippen molar-refractivity contribution < 1.29 is 18.0 Å². The first-order chi connectivity index (χ1) is 11.2. The number of carbonyl (C=O) groups excluding carboxylic acids is 2. The summed E-state index contributed by atoms with van der Waals surface area (Å²) in [6.07, 6.45) is 0.485. The van der Waals surface area contributed by atoms with Gasteiger partial charge in [0.15, 0.2) is 5.78 Å². The Balaban J connectivity index is 2.04. The molecule has 0 aromatic heterocycles. The lowest BCUT2D eigenvalue weighted by Gasteiger charge is -2.34. The molecule has 0 saturated carbocycles. The number of benzene rings is 1. The zero-order valence-corrected chi connectivity index (χ0v) is 15.2. The van der Waals surface area contributed by atoms with Gasteiger partial charge in [-0.15, -0.1) is 0 Å². The standard InChI is InChI=1S/C17H24N2O4S/c1-13(2)12-17(21)18-8-10-19(11-9-18)24(22,23)16-6-4-15(5-7-16)14(3)20/h4-7,13H,8-12H2,1-3H3. The molecule has 1 heterocycles. The molecule has 1 saturated heterocycles. The molecule has 6 nitrogen and oxygen atoms in total. The first-order valence-corrected chi connectivity index (χ1v) is 9.54. The summed E-state index contributed by atoms with van der Waals surface area (Å²) in [4.78, 5) is 25.3. The minimum absolute atomic E-state index is 0.0767. The van der Waals surface area contributed by atoms with Gasteiger partial charge in [0, 0.05) is 38.2 Å². The van der Waals surface area contributed by atoms with Crippen molar-refractivity contribution >= 4 is 21.7 Å². The maximum atomic E-state index is 12.7. The van der Waals surface area contributed by atoms with E-state index in [4.69, 9.17) is 0 Å². The second-order valence-corrected chi connectivity index (χ2v) is 8.40. The Morgan fingerprint density at radius 2 is 1.58 bits per heavy atom. The predicted octanol–water partition coefficient (Wildman–Crippen LogP) is 1.77. The Labute approximate surface area is 143 Å². The van der Waals surface area contributed by atoms with E-state index in [1.165, 1.54) is 35.5 Å². The summed E-state index contributed by atoms with van der Waals surface area (Å²) in [6, 6.07) is 5.97. The number of rotatable bonds is 5. The minimum Gasteiger partial charge on any atom is -0.340 e. The van der Waals surface area contributed by atoms with Gasteiger partial charge in [-0.25, -0.2) is 8.42 Å². The largest absolute Gasteiger partial charge is 0.340 e. The Morgan fingerprint density at radius 1 is 1.04 bits per heavy atom. The molecule has 1 fully saturated rings. The molecule has 1 amide bonds. The van der Waals surface area contributed by atoms with E-state index in [0.29, 0.717) is 44.1 Å². The van der Waals surface area contributed by atoms with Crippen molar-refractivity contribution in [2.24, 2.45) is 5.92 Å². The Morgan fingerprint density at radius 3 is 2.04 bits per heavy atom. The quantitative estimate of drug-likeness (QED) is 0.757. The van der Waals surface area contributed by atoms with E-state index in [1.54, 1.807) is 4.90 Å². The van der Waals surface area contributed by atoms with Crippen LogP contribution in [0.2, 0.25) is 0 Å². The van der Waals surface area contributed by atoms with Crippen molar-refractivity contribution in [2.45, 2.75) is 32.1 Å². The Hall–Kier alpha value is -1.73. The minimum atomic E-state index is -3.59. The molecule has 0 unspecified atom stereocenters. The highest BCUT2D eigenvalue weighted by Crippen LogP contribution is 2.19. The van der Waals surface area contributed by atoms with Crippen molar-refractivity contribution in [1.82, 2.24) is 9.21 Å². The molecule has 1 aromatic carbocycles. The molecule has 0 N–H and O–H groups in total. The fourth-order valence-electron chi connectivity index (χ4n) is 2.67. The third-order valence-corrected chi connectivity index (χ3v) is 5.99. The average molecular weight is 352 g/mol. The SMILES string of the molecule is CC(=O)c1ccc(S(=O)(=O)N2CCN(C(=O)CC(C)C)CC2)cc1. The molecule has 0 radical (unpaired) electrons. The van der Waals surface area contributed by atoms with Crippen LogP contribution in [-0.4, -0.2) is 55.5 Å². The monoisotopic (exact) mass is 352 g/mol. The molecule has 132 valence electrons. The second kappa shape index (κ2) is 7.44. The highest BCUT2D eigenvalue weighted by molar-refractivity contribution is 7.89. The average Bonchev–Trinajstić information content (AvgIpc) is 2.54. The molecule has 24 heavy (non-hydrogen) atoms. The predicted molar refractivity (Wildman–Crippen MR) is 91.2 cm³/mol. The van der Waals surface area contributed by atoms with Crippen LogP contribution in [0.5, 0.6) is 0 Å². The first kappa shape index (κ1) is 18.6. The first-order valence-electron chi connectivity index (χ1n) is 8.10. The van der Waals surface area contributed by atoms with Crippen molar-refractivity contribution in [2.75, 3.05) is 26.2 Å². The smallest absolute Gasteiger partial charge is 0.243 e. The maximum Gasteiger partial charge on any atom is 0.243 e. The molecule has 0 spiro atoms. The molecule has 0 atom stereocenters. The molecule has 1 aliphatic rings. The van der Waals surface area contributed by atoms with Crippen molar-refractivity contribution in [3.63, 3.8) is 0 Å². The normalized spacial score (nSPS) is 16.4. The van der Waals surface area contributed by atoms with E-state index in [-0.39, 0.29) is 16.6 Å². The van der Waals surface area contributed by atoms with E-state index in [1.807, 2.05) is 13.8 Å². The van der Waals surface area contributed by atoms with Gasteiger partial charge >= 0.3 is 0 Å². The number of sulfonamides is 1. The number of amides is 1. The molecule has 0 aliphatic carbocycles. The zero-order valence-electron chi connectivity index (χ0n) is 14.4. The zero-order chi connectivity index (χ0) is 17.9. The third-order valence-electron chi connectivity index (χ3n) is 4.07. The van der Waals surface area contributed by atoms with Gasteiger partial charge in [-0.05, 0) is 25.0 Å². The third kappa shape index (κ3) is 4.21. The lowest BCUT2D eigenvalue weighted by atomic mass is 10.1. The summed E-state index contributed by atoms with van der Waals surface area (Å²) < 4.78 is 26.7. The van der Waals surface area contributed by atoms with Crippen molar-refractivity contribution in [3.8, 4) is 0 Å². The number of hydrogen-bond acceptors (Lipinski definition) is 4. The second-order valence-electron chi connectivity index (χ2n) is 6.46. The van der Waals surface area contributed by atoms with Crippen LogP contribution in [0.15, 0.2) is 29.2 Å². The van der Waals surface area contributed by atoms with Crippen LogP contribution < -0.4 is 0 Å². The van der Waals surface area contributed by atoms with Gasteiger partial charge < -0.3 is 4.90 Å². The van der Waals surface area contributed by atoms with E-state index >= 15 is 0 Å². The van der Waals surface area contributed by atoms with Crippen LogP contribution in [0.3, 0.4) is 0 Å². The Kier molecular flexibility index (Phi) is 5.77. The van der Waals surface area contributed by atoms with Gasteiger partial charge in [0.25, 0.3) is 0 Å².